The van der Waals surface area contributed by atoms with Crippen molar-refractivity contribution in [3.63, 3.8) is 0 Å². The van der Waals surface area contributed by atoms with Crippen LogP contribution in [0.25, 0.3) is 0 Å². The molecule has 0 saturated carbocycles. The van der Waals surface area contributed by atoms with Gasteiger partial charge in [0.2, 0.25) is 5.91 Å². The molecule has 1 aromatic carbocycles. The van der Waals surface area contributed by atoms with Crippen molar-refractivity contribution in [2.45, 2.75) is 16.2 Å². The lowest BCUT2D eigenvalue weighted by Gasteiger charge is -2.08. The van der Waals surface area contributed by atoms with Gasteiger partial charge in [0.1, 0.15) is 0 Å². The zero-order valence-corrected chi connectivity index (χ0v) is 10.3. The number of nitrogens with zero attached hydrogens (tertiary/aromatic N) is 1. The van der Waals surface area contributed by atoms with Crippen molar-refractivity contribution in [2.75, 3.05) is 11.1 Å². The molecular weight excluding hydrogens is 246 g/mol. The molecule has 2 aromatic rings. The van der Waals surface area contributed by atoms with E-state index in [0.29, 0.717) is 12.1 Å². The van der Waals surface area contributed by atoms with Crippen molar-refractivity contribution >= 4 is 29.0 Å². The van der Waals surface area contributed by atoms with E-state index in [4.69, 9.17) is 5.73 Å². The summed E-state index contributed by atoms with van der Waals surface area (Å²) in [6, 6.07) is 7.66. The maximum absolute atomic E-state index is 11.3. The van der Waals surface area contributed by atoms with Gasteiger partial charge in [0.15, 0.2) is 0 Å². The highest BCUT2D eigenvalue weighted by Crippen LogP contribution is 2.37. The monoisotopic (exact) mass is 257 g/mol. The second-order valence-corrected chi connectivity index (χ2v) is 5.17. The van der Waals surface area contributed by atoms with Crippen LogP contribution in [-0.2, 0) is 11.2 Å². The molecule has 5 heteroatoms. The number of hydrogen-bond acceptors (Lipinski definition) is 4. The number of anilines is 2. The van der Waals surface area contributed by atoms with Crippen molar-refractivity contribution in [3.8, 4) is 0 Å². The highest BCUT2D eigenvalue weighted by atomic mass is 32.2. The highest BCUT2D eigenvalue weighted by Gasteiger charge is 2.19. The zero-order chi connectivity index (χ0) is 12.5. The van der Waals surface area contributed by atoms with Crippen LogP contribution < -0.4 is 11.1 Å². The maximum Gasteiger partial charge on any atom is 0.228 e. The van der Waals surface area contributed by atoms with Crippen molar-refractivity contribution in [1.29, 1.82) is 0 Å². The normalized spacial score (nSPS) is 13.2. The van der Waals surface area contributed by atoms with E-state index in [-0.39, 0.29) is 5.91 Å². The molecule has 0 radical (unpaired) electrons. The summed E-state index contributed by atoms with van der Waals surface area (Å²) in [5, 5.41) is 2.83. The predicted molar refractivity (Wildman–Crippen MR) is 71.5 cm³/mol. The van der Waals surface area contributed by atoms with Gasteiger partial charge < -0.3 is 11.1 Å². The average molecular weight is 257 g/mol. The molecule has 1 aliphatic rings. The maximum atomic E-state index is 11.3. The van der Waals surface area contributed by atoms with Crippen molar-refractivity contribution in [1.82, 2.24) is 4.98 Å². The predicted octanol–water partition coefficient (Wildman–Crippen LogP) is 2.31. The Morgan fingerprint density at radius 2 is 2.06 bits per heavy atom. The summed E-state index contributed by atoms with van der Waals surface area (Å²) < 4.78 is 0. The summed E-state index contributed by atoms with van der Waals surface area (Å²) in [5.74, 6) is 0.0236. The van der Waals surface area contributed by atoms with Gasteiger partial charge in [-0.1, -0.05) is 11.8 Å². The fourth-order valence-corrected chi connectivity index (χ4v) is 2.76. The number of carbonyl (C=O) groups is 1. The van der Waals surface area contributed by atoms with Gasteiger partial charge in [0.25, 0.3) is 0 Å². The summed E-state index contributed by atoms with van der Waals surface area (Å²) in [5.41, 5.74) is 8.55. The molecule has 3 rings (SSSR count). The van der Waals surface area contributed by atoms with Crippen LogP contribution in [0.5, 0.6) is 0 Å². The lowest BCUT2D eigenvalue weighted by Crippen LogP contribution is -2.03. The molecule has 90 valence electrons. The number of pyridine rings is 1. The van der Waals surface area contributed by atoms with E-state index in [9.17, 15) is 4.79 Å². The molecular formula is C13H11N3OS. The third-order valence-electron chi connectivity index (χ3n) is 2.74. The van der Waals surface area contributed by atoms with Crippen LogP contribution in [0.4, 0.5) is 11.4 Å². The third kappa shape index (κ3) is 2.04. The Bertz CT molecular complexity index is 613. The van der Waals surface area contributed by atoms with Crippen LogP contribution >= 0.6 is 11.8 Å². The van der Waals surface area contributed by atoms with E-state index in [2.05, 4.69) is 10.3 Å². The first-order valence-corrected chi connectivity index (χ1v) is 6.34. The molecule has 0 unspecified atom stereocenters. The Balaban J connectivity index is 1.94. The van der Waals surface area contributed by atoms with Crippen LogP contribution in [0.15, 0.2) is 46.5 Å². The molecule has 0 fully saturated rings. The molecule has 4 nitrogen and oxygen atoms in total. The second kappa shape index (κ2) is 4.34. The SMILES string of the molecule is Nc1cc2c(cc1Sc1ccncc1)NC(=O)C2. The summed E-state index contributed by atoms with van der Waals surface area (Å²) in [4.78, 5) is 17.3. The molecule has 1 aliphatic heterocycles. The molecule has 1 amide bonds. The van der Waals surface area contributed by atoms with Gasteiger partial charge in [-0.25, -0.2) is 0 Å². The number of amides is 1. The summed E-state index contributed by atoms with van der Waals surface area (Å²) in [7, 11) is 0. The van der Waals surface area contributed by atoms with Crippen molar-refractivity contribution in [2.24, 2.45) is 0 Å². The summed E-state index contributed by atoms with van der Waals surface area (Å²) >= 11 is 1.57. The minimum atomic E-state index is 0.0236. The number of hydrogen-bond donors (Lipinski definition) is 2. The van der Waals surface area contributed by atoms with Crippen molar-refractivity contribution < 1.29 is 4.79 Å². The fourth-order valence-electron chi connectivity index (χ4n) is 1.90. The van der Waals surface area contributed by atoms with Gasteiger partial charge in [0.05, 0.1) is 6.42 Å². The number of carbonyl (C=O) groups excluding carboxylic acids is 1. The minimum absolute atomic E-state index is 0.0236. The molecule has 1 aromatic heterocycles. The molecule has 2 heterocycles. The first kappa shape index (κ1) is 11.1. The van der Waals surface area contributed by atoms with Gasteiger partial charge >= 0.3 is 0 Å². The Labute approximate surface area is 109 Å². The second-order valence-electron chi connectivity index (χ2n) is 4.06. The Morgan fingerprint density at radius 3 is 2.83 bits per heavy atom. The van der Waals surface area contributed by atoms with E-state index in [1.54, 1.807) is 24.2 Å². The molecule has 0 atom stereocenters. The fraction of sp³-hybridized carbons (Fsp3) is 0.0769. The number of nitrogen functional groups attached to an aromatic ring is 1. The summed E-state index contributed by atoms with van der Waals surface area (Å²) in [6.45, 7) is 0. The van der Waals surface area contributed by atoms with Crippen LogP contribution in [0.3, 0.4) is 0 Å². The lowest BCUT2D eigenvalue weighted by atomic mass is 10.1. The molecule has 18 heavy (non-hydrogen) atoms. The van der Waals surface area contributed by atoms with Crippen molar-refractivity contribution in [3.05, 3.63) is 42.2 Å². The zero-order valence-electron chi connectivity index (χ0n) is 9.51. The van der Waals surface area contributed by atoms with Gasteiger partial charge in [-0.3, -0.25) is 9.78 Å². The number of nitrogens with two attached hydrogens (primary N) is 1. The van der Waals surface area contributed by atoms with Crippen LogP contribution in [0, 0.1) is 0 Å². The van der Waals surface area contributed by atoms with E-state index in [1.807, 2.05) is 24.3 Å². The van der Waals surface area contributed by atoms with Gasteiger partial charge in [-0.2, -0.15) is 0 Å². The third-order valence-corrected chi connectivity index (χ3v) is 3.82. The largest absolute Gasteiger partial charge is 0.398 e. The van der Waals surface area contributed by atoms with Crippen LogP contribution in [0.1, 0.15) is 5.56 Å². The van der Waals surface area contributed by atoms with E-state index < -0.39 is 0 Å². The van der Waals surface area contributed by atoms with E-state index in [0.717, 1.165) is 21.0 Å². The van der Waals surface area contributed by atoms with E-state index >= 15 is 0 Å². The number of aromatic nitrogens is 1. The number of nitrogens with one attached hydrogen (secondary N) is 1. The first-order valence-electron chi connectivity index (χ1n) is 5.52. The van der Waals surface area contributed by atoms with E-state index in [1.165, 1.54) is 0 Å². The van der Waals surface area contributed by atoms with Gasteiger partial charge in [0, 0.05) is 33.6 Å². The number of fused-ring (bicyclic) bond motifs is 1. The topological polar surface area (TPSA) is 68.0 Å². The van der Waals surface area contributed by atoms with Gasteiger partial charge in [-0.15, -0.1) is 0 Å². The Morgan fingerprint density at radius 1 is 1.28 bits per heavy atom. The average Bonchev–Trinajstić information content (AvgIpc) is 2.70. The summed E-state index contributed by atoms with van der Waals surface area (Å²) in [6.07, 6.45) is 3.90. The molecule has 0 aliphatic carbocycles. The molecule has 0 saturated heterocycles. The standard InChI is InChI=1S/C13H11N3OS/c14-10-5-8-6-13(17)16-11(8)7-12(10)18-9-1-3-15-4-2-9/h1-5,7H,6,14H2,(H,16,17). The first-order chi connectivity index (χ1) is 8.72. The molecule has 3 N–H and O–H groups in total. The van der Waals surface area contributed by atoms with Crippen LogP contribution in [0.2, 0.25) is 0 Å². The van der Waals surface area contributed by atoms with Crippen LogP contribution in [-0.4, -0.2) is 10.9 Å². The highest BCUT2D eigenvalue weighted by molar-refractivity contribution is 7.99. The number of benzene rings is 1. The lowest BCUT2D eigenvalue weighted by molar-refractivity contribution is -0.115. The minimum Gasteiger partial charge on any atom is -0.398 e. The molecule has 0 bridgehead atoms. The smallest absolute Gasteiger partial charge is 0.228 e. The number of rotatable bonds is 2. The Kier molecular flexibility index (Phi) is 2.68. The van der Waals surface area contributed by atoms with Gasteiger partial charge in [-0.05, 0) is 29.8 Å². The molecule has 0 spiro atoms. The quantitative estimate of drug-likeness (QED) is 0.810. The Hall–Kier alpha value is -2.01.